The van der Waals surface area contributed by atoms with Gasteiger partial charge in [0.1, 0.15) is 10.5 Å². The van der Waals surface area contributed by atoms with Gasteiger partial charge in [-0.05, 0) is 36.2 Å². The molecular weight excluding hydrogens is 366 g/mol. The van der Waals surface area contributed by atoms with Gasteiger partial charge in [-0.1, -0.05) is 0 Å². The Morgan fingerprint density at radius 3 is 2.85 bits per heavy atom. The number of hydrogen-bond donors (Lipinski definition) is 0. The highest BCUT2D eigenvalue weighted by Crippen LogP contribution is 2.38. The molecule has 1 aliphatic rings. The van der Waals surface area contributed by atoms with Gasteiger partial charge in [-0.15, -0.1) is 16.0 Å². The van der Waals surface area contributed by atoms with E-state index in [4.69, 9.17) is 4.98 Å². The molecule has 4 heterocycles. The van der Waals surface area contributed by atoms with Gasteiger partial charge in [-0.3, -0.25) is 4.98 Å². The Labute approximate surface area is 156 Å². The fourth-order valence-corrected chi connectivity index (χ4v) is 4.62. The van der Waals surface area contributed by atoms with Crippen LogP contribution in [0.4, 0.5) is 5.82 Å². The molecule has 27 heavy (non-hydrogen) atoms. The number of thiophene rings is 1. The minimum absolute atomic E-state index is 0.216. The molecule has 0 N–H and O–H groups in total. The van der Waals surface area contributed by atoms with Crippen LogP contribution in [0.25, 0.3) is 27.6 Å². The minimum Gasteiger partial charge on any atom is -0.358 e. The largest absolute Gasteiger partial charge is 0.390 e. The van der Waals surface area contributed by atoms with Crippen molar-refractivity contribution < 1.29 is 4.92 Å². The lowest BCUT2D eigenvalue weighted by Crippen LogP contribution is -2.06. The first-order valence-electron chi connectivity index (χ1n) is 8.50. The zero-order valence-corrected chi connectivity index (χ0v) is 14.9. The summed E-state index contributed by atoms with van der Waals surface area (Å²) in [6, 6.07) is 1.37. The molecule has 0 radical (unpaired) electrons. The van der Waals surface area contributed by atoms with Crippen LogP contribution in [-0.4, -0.2) is 34.6 Å². The van der Waals surface area contributed by atoms with Crippen LogP contribution in [0.5, 0.6) is 0 Å². The summed E-state index contributed by atoms with van der Waals surface area (Å²) < 4.78 is 1.46. The second-order valence-corrected chi connectivity index (χ2v) is 7.31. The maximum Gasteiger partial charge on any atom is 0.390 e. The Morgan fingerprint density at radius 1 is 1.19 bits per heavy atom. The van der Waals surface area contributed by atoms with Gasteiger partial charge in [-0.25, -0.2) is 15.0 Å². The number of nitro groups is 1. The van der Waals surface area contributed by atoms with Crippen molar-refractivity contribution in [2.45, 2.75) is 25.7 Å². The van der Waals surface area contributed by atoms with Crippen LogP contribution in [-0.2, 0) is 12.8 Å². The third-order valence-electron chi connectivity index (χ3n) is 4.57. The van der Waals surface area contributed by atoms with Gasteiger partial charge in [0.15, 0.2) is 11.6 Å². The van der Waals surface area contributed by atoms with Gasteiger partial charge in [-0.2, -0.15) is 0 Å². The van der Waals surface area contributed by atoms with Crippen molar-refractivity contribution in [3.8, 4) is 17.3 Å². The van der Waals surface area contributed by atoms with Crippen molar-refractivity contribution in [1.29, 1.82) is 0 Å². The third-order valence-corrected chi connectivity index (χ3v) is 5.75. The van der Waals surface area contributed by atoms with Crippen molar-refractivity contribution in [3.05, 3.63) is 51.4 Å². The molecule has 0 unspecified atom stereocenters. The number of aromatic nitrogens is 6. The van der Waals surface area contributed by atoms with Crippen molar-refractivity contribution in [2.75, 3.05) is 0 Å². The SMILES string of the molecule is O=[N+]([O-])c1ccn(-c2nc(-c3cnccn3)nc3sc4c(c23)CCCC4)n1. The van der Waals surface area contributed by atoms with E-state index in [9.17, 15) is 10.1 Å². The summed E-state index contributed by atoms with van der Waals surface area (Å²) in [5, 5.41) is 16.1. The van der Waals surface area contributed by atoms with Crippen molar-refractivity contribution in [2.24, 2.45) is 0 Å². The molecule has 9 nitrogen and oxygen atoms in total. The van der Waals surface area contributed by atoms with E-state index in [0.717, 1.165) is 35.9 Å². The molecule has 10 heteroatoms. The molecule has 1 aliphatic carbocycles. The number of nitrogens with zero attached hydrogens (tertiary/aromatic N) is 7. The molecule has 0 aliphatic heterocycles. The maximum atomic E-state index is 11.1. The van der Waals surface area contributed by atoms with Crippen LogP contribution in [0.2, 0.25) is 0 Å². The predicted molar refractivity (Wildman–Crippen MR) is 98.9 cm³/mol. The van der Waals surface area contributed by atoms with E-state index < -0.39 is 4.92 Å². The topological polar surface area (TPSA) is 113 Å². The third kappa shape index (κ3) is 2.65. The summed E-state index contributed by atoms with van der Waals surface area (Å²) in [5.41, 5.74) is 1.79. The highest BCUT2D eigenvalue weighted by molar-refractivity contribution is 7.19. The molecule has 0 spiro atoms. The van der Waals surface area contributed by atoms with E-state index in [0.29, 0.717) is 17.3 Å². The van der Waals surface area contributed by atoms with Crippen LogP contribution in [0.15, 0.2) is 30.9 Å². The highest BCUT2D eigenvalue weighted by atomic mass is 32.1. The minimum atomic E-state index is -0.512. The highest BCUT2D eigenvalue weighted by Gasteiger charge is 2.25. The zero-order valence-electron chi connectivity index (χ0n) is 14.1. The first-order valence-corrected chi connectivity index (χ1v) is 9.31. The van der Waals surface area contributed by atoms with E-state index in [2.05, 4.69) is 20.1 Å². The average Bonchev–Trinajstić information content (AvgIpc) is 3.33. The average molecular weight is 379 g/mol. The molecular formula is C17H13N7O2S. The zero-order chi connectivity index (χ0) is 18.4. The van der Waals surface area contributed by atoms with Gasteiger partial charge in [0, 0.05) is 17.3 Å². The summed E-state index contributed by atoms with van der Waals surface area (Å²) in [5.74, 6) is 0.766. The van der Waals surface area contributed by atoms with E-state index in [1.165, 1.54) is 21.2 Å². The molecule has 0 saturated heterocycles. The Kier molecular flexibility index (Phi) is 3.64. The van der Waals surface area contributed by atoms with Gasteiger partial charge < -0.3 is 10.1 Å². The van der Waals surface area contributed by atoms with E-state index in [1.54, 1.807) is 36.1 Å². The summed E-state index contributed by atoms with van der Waals surface area (Å²) in [6.07, 6.45) is 10.6. The van der Waals surface area contributed by atoms with Gasteiger partial charge in [0.2, 0.25) is 0 Å². The second-order valence-electron chi connectivity index (χ2n) is 6.23. The number of fused-ring (bicyclic) bond motifs is 3. The van der Waals surface area contributed by atoms with Gasteiger partial charge in [0.25, 0.3) is 0 Å². The Bertz CT molecular complexity index is 1170. The predicted octanol–water partition coefficient (Wildman–Crippen LogP) is 3.12. The molecule has 0 bridgehead atoms. The van der Waals surface area contributed by atoms with Crippen LogP contribution in [0.3, 0.4) is 0 Å². The molecule has 4 aromatic heterocycles. The number of rotatable bonds is 3. The second kappa shape index (κ2) is 6.16. The fourth-order valence-electron chi connectivity index (χ4n) is 3.36. The Hall–Kier alpha value is -3.27. The summed E-state index contributed by atoms with van der Waals surface area (Å²) >= 11 is 1.66. The fraction of sp³-hybridized carbons (Fsp3) is 0.235. The lowest BCUT2D eigenvalue weighted by Gasteiger charge is -2.11. The van der Waals surface area contributed by atoms with Gasteiger partial charge >= 0.3 is 5.82 Å². The lowest BCUT2D eigenvalue weighted by molar-refractivity contribution is -0.389. The monoisotopic (exact) mass is 379 g/mol. The first-order chi connectivity index (χ1) is 13.2. The van der Waals surface area contributed by atoms with Crippen molar-refractivity contribution in [1.82, 2.24) is 29.7 Å². The van der Waals surface area contributed by atoms with Crippen LogP contribution >= 0.6 is 11.3 Å². The summed E-state index contributed by atoms with van der Waals surface area (Å²) in [7, 11) is 0. The van der Waals surface area contributed by atoms with Gasteiger partial charge in [0.05, 0.1) is 28.9 Å². The first kappa shape index (κ1) is 15.9. The normalized spacial score (nSPS) is 13.6. The smallest absolute Gasteiger partial charge is 0.358 e. The maximum absolute atomic E-state index is 11.1. The van der Waals surface area contributed by atoms with Crippen LogP contribution in [0, 0.1) is 10.1 Å². The molecule has 0 aromatic carbocycles. The molecule has 0 fully saturated rings. The number of aryl methyl sites for hydroxylation is 2. The van der Waals surface area contributed by atoms with E-state index in [1.807, 2.05) is 0 Å². The van der Waals surface area contributed by atoms with Crippen LogP contribution < -0.4 is 0 Å². The summed E-state index contributed by atoms with van der Waals surface area (Å²) in [4.78, 5) is 30.5. The lowest BCUT2D eigenvalue weighted by atomic mass is 9.97. The molecule has 4 aromatic rings. The quantitative estimate of drug-likeness (QED) is 0.397. The molecule has 0 saturated carbocycles. The molecule has 5 rings (SSSR count). The van der Waals surface area contributed by atoms with Crippen molar-refractivity contribution >= 4 is 27.4 Å². The van der Waals surface area contributed by atoms with Crippen molar-refractivity contribution in [3.63, 3.8) is 0 Å². The standard InChI is InChI=1S/C17H13N7O2S/c25-24(26)13-5-8-23(22-13)16-14-10-3-1-2-4-12(10)27-17(14)21-15(20-16)11-9-18-6-7-19-11/h5-9H,1-4H2. The molecule has 134 valence electrons. The van der Waals surface area contributed by atoms with E-state index in [-0.39, 0.29) is 5.82 Å². The Morgan fingerprint density at radius 2 is 2.07 bits per heavy atom. The number of hydrogen-bond acceptors (Lipinski definition) is 8. The summed E-state index contributed by atoms with van der Waals surface area (Å²) in [6.45, 7) is 0. The van der Waals surface area contributed by atoms with E-state index >= 15 is 0 Å². The van der Waals surface area contributed by atoms with Crippen LogP contribution in [0.1, 0.15) is 23.3 Å². The molecule has 0 amide bonds. The molecule has 0 atom stereocenters. The Balaban J connectivity index is 1.79.